The number of esters is 1. The largest absolute Gasteiger partial charge is 0.497 e. The van der Waals surface area contributed by atoms with Crippen LogP contribution < -0.4 is 14.2 Å². The molecule has 10 heteroatoms. The van der Waals surface area contributed by atoms with Gasteiger partial charge in [-0.2, -0.15) is 0 Å². The molecular formula is C33H40O10. The average molecular weight is 597 g/mol. The van der Waals surface area contributed by atoms with E-state index in [4.69, 9.17) is 28.8 Å². The fraction of sp³-hybridized carbons (Fsp3) is 0.485. The van der Waals surface area contributed by atoms with Crippen LogP contribution in [0.2, 0.25) is 0 Å². The van der Waals surface area contributed by atoms with E-state index in [9.17, 15) is 20.1 Å². The maximum Gasteiger partial charge on any atom is 0.312 e. The van der Waals surface area contributed by atoms with Crippen LogP contribution in [0, 0.1) is 11.3 Å². The molecule has 1 aliphatic heterocycles. The predicted octanol–water partition coefficient (Wildman–Crippen LogP) is 2.97. The lowest BCUT2D eigenvalue weighted by Crippen LogP contribution is -2.63. The van der Waals surface area contributed by atoms with E-state index in [2.05, 4.69) is 0 Å². The summed E-state index contributed by atoms with van der Waals surface area (Å²) in [4.78, 5) is 13.5. The topological polar surface area (TPSA) is 144 Å². The Morgan fingerprint density at radius 3 is 2.49 bits per heavy atom. The Morgan fingerprint density at radius 2 is 1.88 bits per heavy atom. The van der Waals surface area contributed by atoms with Gasteiger partial charge in [0, 0.05) is 23.5 Å². The number of hydrogen-bond donors (Lipinski definition) is 4. The Labute approximate surface area is 251 Å². The number of aliphatic hydroxyl groups is 4. The fourth-order valence-electron chi connectivity index (χ4n) is 7.22. The number of carbonyl (C=O) groups is 1. The highest BCUT2D eigenvalue weighted by Gasteiger charge is 2.82. The van der Waals surface area contributed by atoms with Gasteiger partial charge in [-0.25, -0.2) is 0 Å². The molecule has 232 valence electrons. The van der Waals surface area contributed by atoms with Crippen molar-refractivity contribution in [2.75, 3.05) is 34.5 Å². The quantitative estimate of drug-likeness (QED) is 0.226. The van der Waals surface area contributed by atoms with Crippen molar-refractivity contribution in [1.82, 2.24) is 0 Å². The van der Waals surface area contributed by atoms with Crippen LogP contribution in [0.4, 0.5) is 0 Å². The Kier molecular flexibility index (Phi) is 8.50. The van der Waals surface area contributed by atoms with Gasteiger partial charge in [0.25, 0.3) is 0 Å². The molecule has 2 aliphatic carbocycles. The second-order valence-electron chi connectivity index (χ2n) is 11.6. The predicted molar refractivity (Wildman–Crippen MR) is 156 cm³/mol. The summed E-state index contributed by atoms with van der Waals surface area (Å²) >= 11 is 0. The highest BCUT2D eigenvalue weighted by molar-refractivity contribution is 5.78. The first-order valence-corrected chi connectivity index (χ1v) is 14.4. The summed E-state index contributed by atoms with van der Waals surface area (Å²) in [6.45, 7) is 1.86. The van der Waals surface area contributed by atoms with Crippen molar-refractivity contribution in [3.63, 3.8) is 0 Å². The number of methoxy groups -OCH3 is 3. The number of allylic oxidation sites excluding steroid dienone is 2. The number of hydrogen-bond acceptors (Lipinski definition) is 10. The smallest absolute Gasteiger partial charge is 0.312 e. The number of aliphatic hydroxyl groups excluding tert-OH is 3. The van der Waals surface area contributed by atoms with Gasteiger partial charge in [-0.1, -0.05) is 43.3 Å². The molecule has 7 atom stereocenters. The second kappa shape index (κ2) is 11.8. The molecule has 4 N–H and O–H groups in total. The number of ether oxygens (including phenoxy) is 5. The molecule has 3 unspecified atom stereocenters. The van der Waals surface area contributed by atoms with Gasteiger partial charge in [-0.15, -0.1) is 0 Å². The minimum atomic E-state index is -2.13. The number of benzene rings is 2. The lowest BCUT2D eigenvalue weighted by molar-refractivity contribution is -0.186. The summed E-state index contributed by atoms with van der Waals surface area (Å²) in [5.41, 5.74) is -3.82. The molecule has 0 spiro atoms. The average Bonchev–Trinajstić information content (AvgIpc) is 3.42. The molecule has 1 saturated carbocycles. The summed E-state index contributed by atoms with van der Waals surface area (Å²) in [5.74, 6) is -1.18. The van der Waals surface area contributed by atoms with Gasteiger partial charge < -0.3 is 44.1 Å². The molecule has 0 saturated heterocycles. The van der Waals surface area contributed by atoms with Crippen LogP contribution >= 0.6 is 0 Å². The summed E-state index contributed by atoms with van der Waals surface area (Å²) in [7, 11) is 4.28. The van der Waals surface area contributed by atoms with Crippen LogP contribution in [0.25, 0.3) is 0 Å². The molecule has 1 heterocycles. The Bertz CT molecular complexity index is 1390. The normalized spacial score (nSPS) is 31.3. The minimum absolute atomic E-state index is 0.217. The molecule has 5 rings (SSSR count). The molecule has 0 aromatic heterocycles. The molecule has 10 nitrogen and oxygen atoms in total. The van der Waals surface area contributed by atoms with E-state index in [0.29, 0.717) is 36.3 Å². The molecule has 2 aromatic rings. The van der Waals surface area contributed by atoms with Crippen molar-refractivity contribution in [2.24, 2.45) is 11.3 Å². The maximum atomic E-state index is 13.5. The lowest BCUT2D eigenvalue weighted by atomic mass is 9.57. The lowest BCUT2D eigenvalue weighted by Gasteiger charge is -2.51. The second-order valence-corrected chi connectivity index (χ2v) is 11.6. The van der Waals surface area contributed by atoms with Gasteiger partial charge in [0.2, 0.25) is 0 Å². The van der Waals surface area contributed by atoms with Crippen LogP contribution in [0.3, 0.4) is 0 Å². The van der Waals surface area contributed by atoms with Crippen molar-refractivity contribution in [3.05, 3.63) is 77.6 Å². The third-order valence-corrected chi connectivity index (χ3v) is 9.26. The Hall–Kier alpha value is -3.57. The standard InChI is InChI=1S/C33H40O10/c1-31(14-12-22(39-2)13-15-31)33-27(20-9-6-5-7-10-20)26(30(37)41-4)29(36)32(33,38)28-24(40-3)17-23(18-25(28)43-33)42-16-8-11-21(35)19-34/h5-7,9-10,12-14,17-18,21,26-27,29,34-36,38H,8,11,15-16,19H2,1-4H3/t21?,26?,27-,29-,31?,32+,33-/m1/s1. The zero-order valence-electron chi connectivity index (χ0n) is 24.9. The van der Waals surface area contributed by atoms with Gasteiger partial charge >= 0.3 is 5.97 Å². The van der Waals surface area contributed by atoms with Crippen LogP contribution in [0.1, 0.15) is 43.2 Å². The van der Waals surface area contributed by atoms with Gasteiger partial charge in [0.1, 0.15) is 29.1 Å². The molecule has 43 heavy (non-hydrogen) atoms. The van der Waals surface area contributed by atoms with Gasteiger partial charge in [-0.05, 0) is 37.0 Å². The van der Waals surface area contributed by atoms with E-state index < -0.39 is 46.6 Å². The first-order valence-electron chi connectivity index (χ1n) is 14.4. The van der Waals surface area contributed by atoms with Crippen molar-refractivity contribution in [2.45, 2.75) is 55.5 Å². The van der Waals surface area contributed by atoms with E-state index in [1.807, 2.05) is 49.4 Å². The van der Waals surface area contributed by atoms with Crippen LogP contribution in [-0.2, 0) is 19.9 Å². The number of fused-ring (bicyclic) bond motifs is 3. The molecular weight excluding hydrogens is 556 g/mol. The van der Waals surface area contributed by atoms with Crippen molar-refractivity contribution in [1.29, 1.82) is 0 Å². The van der Waals surface area contributed by atoms with Gasteiger partial charge in [0.05, 0.1) is 52.1 Å². The van der Waals surface area contributed by atoms with Crippen molar-refractivity contribution in [3.8, 4) is 17.2 Å². The molecule has 0 bridgehead atoms. The summed E-state index contributed by atoms with van der Waals surface area (Å²) in [5, 5.41) is 43.9. The summed E-state index contributed by atoms with van der Waals surface area (Å²) in [6, 6.07) is 12.5. The summed E-state index contributed by atoms with van der Waals surface area (Å²) in [6.07, 6.45) is 4.36. The third kappa shape index (κ3) is 4.68. The monoisotopic (exact) mass is 596 g/mol. The highest BCUT2D eigenvalue weighted by atomic mass is 16.6. The van der Waals surface area contributed by atoms with Crippen molar-refractivity contribution < 1.29 is 48.9 Å². The number of carbonyl (C=O) groups excluding carboxylic acids is 1. The molecule has 3 aliphatic rings. The van der Waals surface area contributed by atoms with Gasteiger partial charge in [0.15, 0.2) is 11.2 Å². The van der Waals surface area contributed by atoms with E-state index in [1.165, 1.54) is 14.2 Å². The van der Waals surface area contributed by atoms with Crippen LogP contribution in [0.5, 0.6) is 17.2 Å². The first-order chi connectivity index (χ1) is 20.6. The van der Waals surface area contributed by atoms with Crippen LogP contribution in [0.15, 0.2) is 66.5 Å². The third-order valence-electron chi connectivity index (χ3n) is 9.26. The van der Waals surface area contributed by atoms with Crippen LogP contribution in [-0.4, -0.2) is 78.7 Å². The van der Waals surface area contributed by atoms with E-state index in [1.54, 1.807) is 25.3 Å². The Morgan fingerprint density at radius 1 is 1.14 bits per heavy atom. The first kappa shape index (κ1) is 30.9. The highest BCUT2D eigenvalue weighted by Crippen LogP contribution is 2.72. The summed E-state index contributed by atoms with van der Waals surface area (Å²) < 4.78 is 29.4. The molecule has 0 radical (unpaired) electrons. The molecule has 2 aromatic carbocycles. The molecule has 0 amide bonds. The SMILES string of the molecule is COC(=O)C1[C@@H](c2ccccc2)[C@]2(C3(C)C=CC(OC)=CC3)Oc3cc(OCCCC(O)CO)cc(OC)c3[C@]2(O)[C@@H]1O. The zero-order chi connectivity index (χ0) is 31.0. The number of rotatable bonds is 11. The van der Waals surface area contributed by atoms with Gasteiger partial charge in [-0.3, -0.25) is 4.79 Å². The molecule has 1 fully saturated rings. The Balaban J connectivity index is 1.70. The zero-order valence-corrected chi connectivity index (χ0v) is 24.9. The maximum absolute atomic E-state index is 13.5. The fourth-order valence-corrected chi connectivity index (χ4v) is 7.22. The van der Waals surface area contributed by atoms with E-state index in [0.717, 1.165) is 0 Å². The minimum Gasteiger partial charge on any atom is -0.497 e. The van der Waals surface area contributed by atoms with E-state index >= 15 is 0 Å². The van der Waals surface area contributed by atoms with Crippen molar-refractivity contribution >= 4 is 5.97 Å². The van der Waals surface area contributed by atoms with E-state index in [-0.39, 0.29) is 30.3 Å².